The summed E-state index contributed by atoms with van der Waals surface area (Å²) in [6, 6.07) is 14.9. The minimum Gasteiger partial charge on any atom is -0.497 e. The fourth-order valence-corrected chi connectivity index (χ4v) is 2.23. The van der Waals surface area contributed by atoms with Gasteiger partial charge < -0.3 is 14.8 Å². The van der Waals surface area contributed by atoms with Crippen LogP contribution in [0.3, 0.4) is 0 Å². The lowest BCUT2D eigenvalue weighted by Crippen LogP contribution is -2.21. The molecule has 0 bridgehead atoms. The number of ether oxygens (including phenoxy) is 2. The first-order valence-electron chi connectivity index (χ1n) is 8.26. The Hall–Kier alpha value is -3.92. The monoisotopic (exact) mass is 378 g/mol. The molecule has 0 saturated heterocycles. The van der Waals surface area contributed by atoms with Crippen LogP contribution in [0.1, 0.15) is 22.8 Å². The van der Waals surface area contributed by atoms with Crippen LogP contribution in [0.5, 0.6) is 5.75 Å². The molecule has 0 fully saturated rings. The third-order valence-electron chi connectivity index (χ3n) is 3.65. The minimum atomic E-state index is -0.910. The van der Waals surface area contributed by atoms with Crippen molar-refractivity contribution >= 4 is 29.4 Å². The highest BCUT2D eigenvalue weighted by molar-refractivity contribution is 6.00. The lowest BCUT2D eigenvalue weighted by atomic mass is 10.1. The number of anilines is 1. The van der Waals surface area contributed by atoms with Crippen LogP contribution >= 0.6 is 0 Å². The van der Waals surface area contributed by atoms with Gasteiger partial charge in [0.1, 0.15) is 17.4 Å². The maximum absolute atomic E-state index is 12.0. The number of nitriles is 1. The van der Waals surface area contributed by atoms with Gasteiger partial charge in [-0.3, -0.25) is 9.59 Å². The summed E-state index contributed by atoms with van der Waals surface area (Å²) in [6.07, 6.45) is 1.35. The zero-order valence-corrected chi connectivity index (χ0v) is 15.4. The first kappa shape index (κ1) is 20.4. The van der Waals surface area contributed by atoms with Crippen molar-refractivity contribution in [2.45, 2.75) is 6.92 Å². The van der Waals surface area contributed by atoms with E-state index in [1.165, 1.54) is 20.1 Å². The quantitative estimate of drug-likeness (QED) is 0.344. The predicted octanol–water partition coefficient (Wildman–Crippen LogP) is 2.99. The average molecular weight is 378 g/mol. The Morgan fingerprint density at radius 3 is 2.46 bits per heavy atom. The predicted molar refractivity (Wildman–Crippen MR) is 103 cm³/mol. The first-order chi connectivity index (χ1) is 13.4. The maximum Gasteiger partial charge on any atom is 0.349 e. The zero-order valence-electron chi connectivity index (χ0n) is 15.4. The second-order valence-corrected chi connectivity index (χ2v) is 5.70. The van der Waals surface area contributed by atoms with Crippen LogP contribution in [0.4, 0.5) is 5.69 Å². The molecule has 0 aliphatic heterocycles. The lowest BCUT2D eigenvalue weighted by molar-refractivity contribution is -0.142. The van der Waals surface area contributed by atoms with Gasteiger partial charge in [-0.2, -0.15) is 5.26 Å². The molecule has 1 N–H and O–H groups in total. The fraction of sp³-hybridized carbons (Fsp3) is 0.143. The van der Waals surface area contributed by atoms with Crippen molar-refractivity contribution in [1.82, 2.24) is 0 Å². The molecular weight excluding hydrogens is 360 g/mol. The number of amides is 1. The lowest BCUT2D eigenvalue weighted by Gasteiger charge is -2.07. The number of nitrogens with zero attached hydrogens (tertiary/aromatic N) is 1. The Morgan fingerprint density at radius 1 is 1.14 bits per heavy atom. The smallest absolute Gasteiger partial charge is 0.349 e. The number of carbonyl (C=O) groups is 3. The molecule has 0 spiro atoms. The Labute approximate surface area is 162 Å². The van der Waals surface area contributed by atoms with E-state index in [4.69, 9.17) is 9.47 Å². The van der Waals surface area contributed by atoms with Gasteiger partial charge in [0.2, 0.25) is 0 Å². The minimum absolute atomic E-state index is 0.0846. The van der Waals surface area contributed by atoms with Gasteiger partial charge in [0.05, 0.1) is 7.11 Å². The highest BCUT2D eigenvalue weighted by Crippen LogP contribution is 2.16. The second kappa shape index (κ2) is 9.69. The number of rotatable bonds is 7. The summed E-state index contributed by atoms with van der Waals surface area (Å²) in [6.45, 7) is 0.892. The van der Waals surface area contributed by atoms with Crippen LogP contribution < -0.4 is 10.1 Å². The van der Waals surface area contributed by atoms with E-state index < -0.39 is 18.5 Å². The topological polar surface area (TPSA) is 105 Å². The number of carbonyl (C=O) groups excluding carboxylic acids is 3. The third-order valence-corrected chi connectivity index (χ3v) is 3.65. The summed E-state index contributed by atoms with van der Waals surface area (Å²) in [5.74, 6) is -0.983. The summed E-state index contributed by atoms with van der Waals surface area (Å²) in [7, 11) is 1.51. The highest BCUT2D eigenvalue weighted by atomic mass is 16.5. The van der Waals surface area contributed by atoms with Gasteiger partial charge in [0, 0.05) is 11.3 Å². The largest absolute Gasteiger partial charge is 0.497 e. The molecule has 0 aliphatic carbocycles. The summed E-state index contributed by atoms with van der Waals surface area (Å²) in [4.78, 5) is 35.2. The normalized spacial score (nSPS) is 10.5. The molecule has 0 radical (unpaired) electrons. The number of Topliss-reactive ketones (excluding diaryl/α,β-unsaturated/α-hetero) is 1. The van der Waals surface area contributed by atoms with E-state index >= 15 is 0 Å². The fourth-order valence-electron chi connectivity index (χ4n) is 2.23. The molecule has 0 heterocycles. The van der Waals surface area contributed by atoms with Crippen molar-refractivity contribution in [2.75, 3.05) is 19.0 Å². The zero-order chi connectivity index (χ0) is 20.5. The van der Waals surface area contributed by atoms with E-state index in [9.17, 15) is 19.6 Å². The molecule has 0 saturated carbocycles. The number of benzene rings is 2. The number of hydrogen-bond donors (Lipinski definition) is 1. The van der Waals surface area contributed by atoms with Gasteiger partial charge in [-0.1, -0.05) is 12.1 Å². The van der Waals surface area contributed by atoms with Crippen molar-refractivity contribution in [3.63, 3.8) is 0 Å². The van der Waals surface area contributed by atoms with Crippen LogP contribution in [0, 0.1) is 11.3 Å². The Kier molecular flexibility index (Phi) is 7.06. The van der Waals surface area contributed by atoms with Crippen molar-refractivity contribution in [3.8, 4) is 11.8 Å². The molecular formula is C21H18N2O5. The number of ketones is 1. The van der Waals surface area contributed by atoms with Crippen LogP contribution in [0.15, 0.2) is 54.1 Å². The van der Waals surface area contributed by atoms with Crippen molar-refractivity contribution in [1.29, 1.82) is 5.26 Å². The maximum atomic E-state index is 12.0. The number of esters is 1. The van der Waals surface area contributed by atoms with Gasteiger partial charge in [0.15, 0.2) is 12.4 Å². The van der Waals surface area contributed by atoms with Gasteiger partial charge in [-0.05, 0) is 55.0 Å². The van der Waals surface area contributed by atoms with Gasteiger partial charge in [-0.25, -0.2) is 4.79 Å². The number of nitrogens with one attached hydrogen (secondary N) is 1. The van der Waals surface area contributed by atoms with Crippen LogP contribution in [-0.4, -0.2) is 31.4 Å². The Bertz CT molecular complexity index is 956. The SMILES string of the molecule is COc1cccc(/C=C(\C#N)C(=O)OCC(=O)Nc2ccc(C(C)=O)cc2)c1. The molecule has 0 aromatic heterocycles. The molecule has 7 nitrogen and oxygen atoms in total. The van der Waals surface area contributed by atoms with E-state index in [0.29, 0.717) is 22.6 Å². The molecule has 2 rings (SSSR count). The second-order valence-electron chi connectivity index (χ2n) is 5.70. The molecule has 1 amide bonds. The highest BCUT2D eigenvalue weighted by Gasteiger charge is 2.13. The summed E-state index contributed by atoms with van der Waals surface area (Å²) in [5.41, 5.74) is 1.32. The molecule has 0 atom stereocenters. The Morgan fingerprint density at radius 2 is 1.86 bits per heavy atom. The molecule has 2 aromatic carbocycles. The molecule has 2 aromatic rings. The van der Waals surface area contributed by atoms with Crippen molar-refractivity contribution in [3.05, 3.63) is 65.2 Å². The third kappa shape index (κ3) is 5.81. The van der Waals surface area contributed by atoms with E-state index in [2.05, 4.69) is 5.32 Å². The van der Waals surface area contributed by atoms with Crippen molar-refractivity contribution < 1.29 is 23.9 Å². The molecule has 28 heavy (non-hydrogen) atoms. The number of methoxy groups -OCH3 is 1. The van der Waals surface area contributed by atoms with Gasteiger partial charge >= 0.3 is 5.97 Å². The average Bonchev–Trinajstić information content (AvgIpc) is 2.70. The summed E-state index contributed by atoms with van der Waals surface area (Å²) < 4.78 is 9.98. The standard InChI is InChI=1S/C21H18N2O5/c1-14(24)16-6-8-18(9-7-16)23-20(25)13-28-21(26)17(12-22)10-15-4-3-5-19(11-15)27-2/h3-11H,13H2,1-2H3,(H,23,25)/b17-10+. The molecule has 0 aliphatic rings. The van der Waals surface area contributed by atoms with Crippen molar-refractivity contribution in [2.24, 2.45) is 0 Å². The Balaban J connectivity index is 1.95. The van der Waals surface area contributed by atoms with Gasteiger partial charge in [0.25, 0.3) is 5.91 Å². The summed E-state index contributed by atoms with van der Waals surface area (Å²) in [5, 5.41) is 11.7. The van der Waals surface area contributed by atoms with E-state index in [1.54, 1.807) is 54.6 Å². The first-order valence-corrected chi connectivity index (χ1v) is 8.26. The van der Waals surface area contributed by atoms with E-state index in [0.717, 1.165) is 0 Å². The van der Waals surface area contributed by atoms with Crippen LogP contribution in [0.25, 0.3) is 6.08 Å². The number of hydrogen-bond acceptors (Lipinski definition) is 6. The molecule has 142 valence electrons. The molecule has 0 unspecified atom stereocenters. The van der Waals surface area contributed by atoms with Gasteiger partial charge in [-0.15, -0.1) is 0 Å². The summed E-state index contributed by atoms with van der Waals surface area (Å²) >= 11 is 0. The van der Waals surface area contributed by atoms with Crippen LogP contribution in [-0.2, 0) is 14.3 Å². The molecule has 7 heteroatoms. The van der Waals surface area contributed by atoms with E-state index in [1.807, 2.05) is 0 Å². The van der Waals surface area contributed by atoms with E-state index in [-0.39, 0.29) is 11.4 Å². The van der Waals surface area contributed by atoms with Crippen LogP contribution in [0.2, 0.25) is 0 Å².